The van der Waals surface area contributed by atoms with E-state index in [4.69, 9.17) is 16.3 Å². The molecule has 32 heavy (non-hydrogen) atoms. The molecule has 0 saturated carbocycles. The van der Waals surface area contributed by atoms with E-state index in [2.05, 4.69) is 4.99 Å². The van der Waals surface area contributed by atoms with Crippen LogP contribution in [-0.4, -0.2) is 35.5 Å². The summed E-state index contributed by atoms with van der Waals surface area (Å²) in [5.74, 6) is -0.976. The number of carbonyl (C=O) groups excluding carboxylic acids is 3. The van der Waals surface area contributed by atoms with Gasteiger partial charge < -0.3 is 9.30 Å². The molecular formula is C23H22ClN3O4S. The first kappa shape index (κ1) is 22.4. The lowest BCUT2D eigenvalue weighted by molar-refractivity contribution is -0.121. The van der Waals surface area contributed by atoms with Crippen LogP contribution >= 0.6 is 22.9 Å². The van der Waals surface area contributed by atoms with Crippen molar-refractivity contribution in [2.24, 2.45) is 4.99 Å². The zero-order valence-electron chi connectivity index (χ0n) is 17.8. The van der Waals surface area contributed by atoms with Gasteiger partial charge in [-0.15, -0.1) is 0 Å². The molecule has 1 fully saturated rings. The predicted molar refractivity (Wildman–Crippen MR) is 124 cm³/mol. The van der Waals surface area contributed by atoms with Crippen LogP contribution in [0.5, 0.6) is 0 Å². The minimum absolute atomic E-state index is 0.185. The molecule has 0 unspecified atom stereocenters. The third-order valence-electron chi connectivity index (χ3n) is 5.29. The van der Waals surface area contributed by atoms with Gasteiger partial charge in [0.25, 0.3) is 5.91 Å². The fraction of sp³-hybridized carbons (Fsp3) is 0.304. The molecule has 0 radical (unpaired) electrons. The maximum atomic E-state index is 13.0. The summed E-state index contributed by atoms with van der Waals surface area (Å²) in [5, 5.41) is 0.644. The fourth-order valence-corrected chi connectivity index (χ4v) is 4.97. The van der Waals surface area contributed by atoms with Crippen molar-refractivity contribution in [2.75, 3.05) is 18.1 Å². The van der Waals surface area contributed by atoms with Gasteiger partial charge in [0.2, 0.25) is 11.8 Å². The number of imide groups is 1. The number of aromatic nitrogens is 1. The van der Waals surface area contributed by atoms with Gasteiger partial charge in [0.1, 0.15) is 0 Å². The quantitative estimate of drug-likeness (QED) is 0.400. The van der Waals surface area contributed by atoms with Gasteiger partial charge >= 0.3 is 0 Å². The van der Waals surface area contributed by atoms with Crippen LogP contribution in [0, 0.1) is 6.92 Å². The number of ether oxygens (including phenoxy) is 1. The molecule has 0 aliphatic carbocycles. The number of nitrogens with zero attached hydrogens (tertiary/aromatic N) is 3. The summed E-state index contributed by atoms with van der Waals surface area (Å²) in [6.07, 6.45) is 0.371. The number of hydrogen-bond acceptors (Lipinski definition) is 5. The van der Waals surface area contributed by atoms with Crippen molar-refractivity contribution >= 4 is 56.6 Å². The van der Waals surface area contributed by atoms with Gasteiger partial charge in [-0.3, -0.25) is 19.3 Å². The third-order valence-corrected chi connectivity index (χ3v) is 6.75. The highest BCUT2D eigenvalue weighted by molar-refractivity contribution is 7.16. The average molecular weight is 472 g/mol. The monoisotopic (exact) mass is 471 g/mol. The summed E-state index contributed by atoms with van der Waals surface area (Å²) >= 11 is 7.74. The van der Waals surface area contributed by atoms with E-state index in [0.29, 0.717) is 40.8 Å². The van der Waals surface area contributed by atoms with E-state index in [1.807, 2.05) is 30.5 Å². The molecule has 1 aliphatic rings. The molecule has 3 aromatic rings. The van der Waals surface area contributed by atoms with Crippen molar-refractivity contribution < 1.29 is 19.1 Å². The summed E-state index contributed by atoms with van der Waals surface area (Å²) in [5.41, 5.74) is 2.54. The Balaban J connectivity index is 1.76. The lowest BCUT2D eigenvalue weighted by Gasteiger charge is -2.14. The fourth-order valence-electron chi connectivity index (χ4n) is 3.70. The summed E-state index contributed by atoms with van der Waals surface area (Å²) in [7, 11) is 0. The maximum Gasteiger partial charge on any atom is 0.279 e. The topological polar surface area (TPSA) is 81.0 Å². The van der Waals surface area contributed by atoms with Crippen molar-refractivity contribution in [2.45, 2.75) is 33.2 Å². The lowest BCUT2D eigenvalue weighted by atomic mass is 10.2. The largest absolute Gasteiger partial charge is 0.380 e. The maximum absolute atomic E-state index is 13.0. The highest BCUT2D eigenvalue weighted by Crippen LogP contribution is 2.27. The molecule has 0 spiro atoms. The van der Waals surface area contributed by atoms with Gasteiger partial charge in [0, 0.05) is 36.6 Å². The second kappa shape index (κ2) is 9.36. The van der Waals surface area contributed by atoms with Gasteiger partial charge in [-0.25, -0.2) is 0 Å². The number of halogens is 1. The van der Waals surface area contributed by atoms with E-state index in [0.717, 1.165) is 20.7 Å². The summed E-state index contributed by atoms with van der Waals surface area (Å²) in [6.45, 7) is 5.46. The highest BCUT2D eigenvalue weighted by atomic mass is 35.5. The predicted octanol–water partition coefficient (Wildman–Crippen LogP) is 4.10. The number of aryl methyl sites for hydroxylation is 1. The Labute approximate surface area is 193 Å². The Hall–Kier alpha value is -2.81. The molecule has 1 saturated heterocycles. The zero-order valence-corrected chi connectivity index (χ0v) is 19.3. The van der Waals surface area contributed by atoms with Gasteiger partial charge in [-0.1, -0.05) is 29.0 Å². The van der Waals surface area contributed by atoms with Crippen molar-refractivity contribution in [3.63, 3.8) is 0 Å². The molecule has 1 aliphatic heterocycles. The Morgan fingerprint density at radius 3 is 2.66 bits per heavy atom. The van der Waals surface area contributed by atoms with Gasteiger partial charge in [-0.2, -0.15) is 4.99 Å². The molecule has 7 nitrogen and oxygen atoms in total. The van der Waals surface area contributed by atoms with E-state index in [9.17, 15) is 14.4 Å². The summed E-state index contributed by atoms with van der Waals surface area (Å²) in [4.78, 5) is 43.2. The van der Waals surface area contributed by atoms with Crippen LogP contribution in [0.4, 0.5) is 5.69 Å². The first-order valence-electron chi connectivity index (χ1n) is 10.3. The smallest absolute Gasteiger partial charge is 0.279 e. The highest BCUT2D eigenvalue weighted by Gasteiger charge is 2.30. The molecule has 0 atom stereocenters. The third kappa shape index (κ3) is 4.26. The molecule has 3 amide bonds. The molecule has 4 rings (SSSR count). The second-order valence-electron chi connectivity index (χ2n) is 7.34. The normalized spacial score (nSPS) is 14.7. The van der Waals surface area contributed by atoms with Crippen LogP contribution in [0.1, 0.15) is 35.7 Å². The Morgan fingerprint density at radius 1 is 1.19 bits per heavy atom. The van der Waals surface area contributed by atoms with Gasteiger partial charge in [0.15, 0.2) is 4.80 Å². The SMILES string of the molecule is CCOCCn1c(=NC(=O)c2cccc(N3C(=O)CCC3=O)c2)sc2ccc(Cl)c(C)c21. The van der Waals surface area contributed by atoms with E-state index in [1.165, 1.54) is 17.4 Å². The minimum Gasteiger partial charge on any atom is -0.380 e. The number of carbonyl (C=O) groups is 3. The molecule has 0 bridgehead atoms. The second-order valence-corrected chi connectivity index (χ2v) is 8.76. The molecule has 2 aromatic carbocycles. The molecule has 2 heterocycles. The van der Waals surface area contributed by atoms with Crippen LogP contribution in [0.2, 0.25) is 5.02 Å². The van der Waals surface area contributed by atoms with E-state index < -0.39 is 5.91 Å². The number of amides is 3. The zero-order chi connectivity index (χ0) is 22.8. The minimum atomic E-state index is -0.452. The molecule has 1 aromatic heterocycles. The molecule has 166 valence electrons. The van der Waals surface area contributed by atoms with E-state index in [-0.39, 0.29) is 24.7 Å². The van der Waals surface area contributed by atoms with Crippen LogP contribution < -0.4 is 9.70 Å². The number of benzene rings is 2. The average Bonchev–Trinajstić information content (AvgIpc) is 3.30. The number of fused-ring (bicyclic) bond motifs is 1. The van der Waals surface area contributed by atoms with Crippen molar-refractivity contribution in [1.29, 1.82) is 0 Å². The first-order valence-corrected chi connectivity index (χ1v) is 11.5. The number of thiazole rings is 1. The van der Waals surface area contributed by atoms with Crippen molar-refractivity contribution in [1.82, 2.24) is 4.57 Å². The Morgan fingerprint density at radius 2 is 1.94 bits per heavy atom. The first-order chi connectivity index (χ1) is 15.4. The van der Waals surface area contributed by atoms with E-state index >= 15 is 0 Å². The van der Waals surface area contributed by atoms with Crippen molar-refractivity contribution in [3.05, 3.63) is 57.3 Å². The summed E-state index contributed by atoms with van der Waals surface area (Å²) in [6, 6.07) is 10.2. The van der Waals surface area contributed by atoms with Crippen LogP contribution in [0.15, 0.2) is 41.4 Å². The number of hydrogen-bond donors (Lipinski definition) is 0. The Bertz CT molecular complexity index is 1280. The van der Waals surface area contributed by atoms with Gasteiger partial charge in [0.05, 0.1) is 22.5 Å². The van der Waals surface area contributed by atoms with Crippen LogP contribution in [0.3, 0.4) is 0 Å². The van der Waals surface area contributed by atoms with E-state index in [1.54, 1.807) is 18.2 Å². The van der Waals surface area contributed by atoms with Gasteiger partial charge in [-0.05, 0) is 49.7 Å². The number of rotatable bonds is 6. The summed E-state index contributed by atoms with van der Waals surface area (Å²) < 4.78 is 8.44. The van der Waals surface area contributed by atoms with Crippen molar-refractivity contribution in [3.8, 4) is 0 Å². The van der Waals surface area contributed by atoms with Crippen LogP contribution in [0.25, 0.3) is 10.2 Å². The lowest BCUT2D eigenvalue weighted by Crippen LogP contribution is -2.28. The molecule has 0 N–H and O–H groups in total. The van der Waals surface area contributed by atoms with Crippen LogP contribution in [-0.2, 0) is 20.9 Å². The number of anilines is 1. The Kier molecular flexibility index (Phi) is 6.55. The molecule has 9 heteroatoms. The molecular weight excluding hydrogens is 450 g/mol. The standard InChI is InChI=1S/C23H22ClN3O4S/c1-3-31-12-11-26-21-14(2)17(24)7-8-18(21)32-23(26)25-22(30)15-5-4-6-16(13-15)27-19(28)9-10-20(27)29/h4-8,13H,3,9-12H2,1-2H3.